The van der Waals surface area contributed by atoms with E-state index >= 15 is 0 Å². The number of anilines is 1. The van der Waals surface area contributed by atoms with Gasteiger partial charge in [-0.15, -0.1) is 0 Å². The number of rotatable bonds is 6. The number of carbonyl (C=O) groups is 1. The van der Waals surface area contributed by atoms with Gasteiger partial charge >= 0.3 is 5.97 Å². The lowest BCUT2D eigenvalue weighted by atomic mass is 10.1. The van der Waals surface area contributed by atoms with Gasteiger partial charge in [-0.3, -0.25) is 0 Å². The molecule has 0 saturated heterocycles. The first-order chi connectivity index (χ1) is 14.8. The Balaban J connectivity index is 1.81. The molecule has 0 aliphatic rings. The summed E-state index contributed by atoms with van der Waals surface area (Å²) in [7, 11) is -4.14. The fourth-order valence-corrected chi connectivity index (χ4v) is 5.00. The number of aromatic nitrogens is 1. The molecule has 0 amide bonds. The maximum absolute atomic E-state index is 13.5. The second-order valence-electron chi connectivity index (χ2n) is 6.59. The van der Waals surface area contributed by atoms with Crippen molar-refractivity contribution in [3.8, 4) is 0 Å². The molecule has 2 heterocycles. The number of sulfonamides is 1. The van der Waals surface area contributed by atoms with Crippen LogP contribution in [0, 0.1) is 0 Å². The summed E-state index contributed by atoms with van der Waals surface area (Å²) in [6.07, 6.45) is 2.85. The SMILES string of the molecule is O=C(O)c1ccc(S(=O)(=O)N(Cc2ccc3occc3c2)c2ncc(Cl)cc2Cl)cc1. The number of hydrogen-bond acceptors (Lipinski definition) is 5. The molecule has 0 atom stereocenters. The fourth-order valence-electron chi connectivity index (χ4n) is 3.04. The van der Waals surface area contributed by atoms with E-state index in [1.165, 1.54) is 36.5 Å². The number of furan rings is 1. The number of aromatic carboxylic acids is 1. The van der Waals surface area contributed by atoms with Gasteiger partial charge in [-0.05, 0) is 54.1 Å². The molecule has 4 aromatic rings. The number of pyridine rings is 1. The quantitative estimate of drug-likeness (QED) is 0.408. The normalized spacial score (nSPS) is 11.5. The van der Waals surface area contributed by atoms with E-state index in [4.69, 9.17) is 32.7 Å². The van der Waals surface area contributed by atoms with Crippen LogP contribution in [0.15, 0.2) is 76.4 Å². The first kappa shape index (κ1) is 21.2. The third-order valence-electron chi connectivity index (χ3n) is 4.56. The molecule has 2 aromatic heterocycles. The highest BCUT2D eigenvalue weighted by molar-refractivity contribution is 7.92. The van der Waals surface area contributed by atoms with Gasteiger partial charge in [-0.2, -0.15) is 0 Å². The van der Waals surface area contributed by atoms with Crippen molar-refractivity contribution in [2.45, 2.75) is 11.4 Å². The van der Waals surface area contributed by atoms with Gasteiger partial charge in [0.25, 0.3) is 10.0 Å². The molecule has 0 fully saturated rings. The summed E-state index contributed by atoms with van der Waals surface area (Å²) in [4.78, 5) is 15.1. The summed E-state index contributed by atoms with van der Waals surface area (Å²) in [5, 5.41) is 10.2. The fraction of sp³-hybridized carbons (Fsp3) is 0.0476. The molecule has 0 aliphatic carbocycles. The first-order valence-electron chi connectivity index (χ1n) is 8.89. The van der Waals surface area contributed by atoms with Crippen LogP contribution < -0.4 is 4.31 Å². The van der Waals surface area contributed by atoms with Crippen molar-refractivity contribution >= 4 is 56.0 Å². The molecule has 4 rings (SSSR count). The standard InChI is InChI=1S/C21H14Cl2N2O5S/c22-16-10-18(23)20(24-11-16)25(12-13-1-6-19-15(9-13)7-8-30-19)31(28,29)17-4-2-14(3-5-17)21(26)27/h1-11H,12H2,(H,26,27). The summed E-state index contributed by atoms with van der Waals surface area (Å²) in [5.41, 5.74) is 1.32. The molecule has 0 unspecified atom stereocenters. The summed E-state index contributed by atoms with van der Waals surface area (Å²) in [6, 6.07) is 13.4. The van der Waals surface area contributed by atoms with Crippen LogP contribution in [-0.4, -0.2) is 24.5 Å². The van der Waals surface area contributed by atoms with Crippen LogP contribution in [0.3, 0.4) is 0 Å². The third kappa shape index (κ3) is 4.23. The molecular weight excluding hydrogens is 463 g/mol. The van der Waals surface area contributed by atoms with E-state index in [9.17, 15) is 13.2 Å². The van der Waals surface area contributed by atoms with Crippen LogP contribution in [0.5, 0.6) is 0 Å². The third-order valence-corrected chi connectivity index (χ3v) is 6.79. The smallest absolute Gasteiger partial charge is 0.335 e. The Bertz CT molecular complexity index is 1380. The molecule has 1 N–H and O–H groups in total. The molecule has 0 spiro atoms. The largest absolute Gasteiger partial charge is 0.478 e. The van der Waals surface area contributed by atoms with E-state index in [1.54, 1.807) is 30.5 Å². The van der Waals surface area contributed by atoms with E-state index in [2.05, 4.69) is 4.98 Å². The van der Waals surface area contributed by atoms with Crippen molar-refractivity contribution in [3.05, 3.63) is 88.2 Å². The Morgan fingerprint density at radius 3 is 2.48 bits per heavy atom. The van der Waals surface area contributed by atoms with E-state index in [0.717, 1.165) is 9.69 Å². The zero-order chi connectivity index (χ0) is 22.2. The maximum atomic E-state index is 13.5. The number of hydrogen-bond donors (Lipinski definition) is 1. The van der Waals surface area contributed by atoms with Gasteiger partial charge in [0.15, 0.2) is 5.82 Å². The summed E-state index contributed by atoms with van der Waals surface area (Å²) >= 11 is 12.2. The number of halogens is 2. The van der Waals surface area contributed by atoms with E-state index in [0.29, 0.717) is 11.1 Å². The van der Waals surface area contributed by atoms with Gasteiger partial charge in [0.1, 0.15) is 5.58 Å². The summed E-state index contributed by atoms with van der Waals surface area (Å²) in [6.45, 7) is -0.0709. The minimum atomic E-state index is -4.14. The Morgan fingerprint density at radius 2 is 1.81 bits per heavy atom. The van der Waals surface area contributed by atoms with Gasteiger partial charge in [-0.1, -0.05) is 29.3 Å². The highest BCUT2D eigenvalue weighted by Gasteiger charge is 2.28. The molecule has 2 aromatic carbocycles. The van der Waals surface area contributed by atoms with Crippen LogP contribution in [0.4, 0.5) is 5.82 Å². The van der Waals surface area contributed by atoms with Crippen LogP contribution in [-0.2, 0) is 16.6 Å². The summed E-state index contributed by atoms with van der Waals surface area (Å²) < 4.78 is 33.4. The first-order valence-corrected chi connectivity index (χ1v) is 11.1. The monoisotopic (exact) mass is 476 g/mol. The van der Waals surface area contributed by atoms with Crippen molar-refractivity contribution < 1.29 is 22.7 Å². The minimum Gasteiger partial charge on any atom is -0.478 e. The van der Waals surface area contributed by atoms with Crippen molar-refractivity contribution in [2.75, 3.05) is 4.31 Å². The van der Waals surface area contributed by atoms with Gasteiger partial charge in [0.2, 0.25) is 0 Å². The number of carboxylic acids is 1. The van der Waals surface area contributed by atoms with E-state index in [1.807, 2.05) is 0 Å². The molecule has 0 bridgehead atoms. The number of carboxylic acid groups (broad SMARTS) is 1. The summed E-state index contributed by atoms with van der Waals surface area (Å²) in [5.74, 6) is -1.16. The highest BCUT2D eigenvalue weighted by atomic mass is 35.5. The molecule has 7 nitrogen and oxygen atoms in total. The highest BCUT2D eigenvalue weighted by Crippen LogP contribution is 2.32. The van der Waals surface area contributed by atoms with Crippen LogP contribution in [0.25, 0.3) is 11.0 Å². The number of benzene rings is 2. The van der Waals surface area contributed by atoms with Crippen LogP contribution in [0.2, 0.25) is 10.0 Å². The molecule has 0 aliphatic heterocycles. The number of nitrogens with zero attached hydrogens (tertiary/aromatic N) is 2. The Labute approximate surface area is 187 Å². The lowest BCUT2D eigenvalue weighted by Gasteiger charge is -2.24. The van der Waals surface area contributed by atoms with E-state index in [-0.39, 0.29) is 32.9 Å². The molecular formula is C21H14Cl2N2O5S. The molecule has 0 saturated carbocycles. The van der Waals surface area contributed by atoms with Crippen molar-refractivity contribution in [2.24, 2.45) is 0 Å². The molecule has 158 valence electrons. The Morgan fingerprint density at radius 1 is 1.06 bits per heavy atom. The lowest BCUT2D eigenvalue weighted by Crippen LogP contribution is -2.31. The molecule has 10 heteroatoms. The van der Waals surface area contributed by atoms with Crippen molar-refractivity contribution in [1.29, 1.82) is 0 Å². The number of fused-ring (bicyclic) bond motifs is 1. The van der Waals surface area contributed by atoms with Crippen molar-refractivity contribution in [1.82, 2.24) is 4.98 Å². The van der Waals surface area contributed by atoms with Gasteiger partial charge in [0, 0.05) is 11.6 Å². The Kier molecular flexibility index (Phi) is 5.62. The minimum absolute atomic E-state index is 0.000619. The lowest BCUT2D eigenvalue weighted by molar-refractivity contribution is 0.0696. The van der Waals surface area contributed by atoms with Gasteiger partial charge in [-0.25, -0.2) is 22.5 Å². The van der Waals surface area contributed by atoms with E-state index < -0.39 is 16.0 Å². The maximum Gasteiger partial charge on any atom is 0.335 e. The predicted octanol–water partition coefficient (Wildman–Crippen LogP) is 5.23. The van der Waals surface area contributed by atoms with Gasteiger partial charge in [0.05, 0.1) is 33.3 Å². The molecule has 31 heavy (non-hydrogen) atoms. The molecule has 0 radical (unpaired) electrons. The van der Waals surface area contributed by atoms with Crippen LogP contribution in [0.1, 0.15) is 15.9 Å². The zero-order valence-electron chi connectivity index (χ0n) is 15.7. The van der Waals surface area contributed by atoms with Crippen molar-refractivity contribution in [3.63, 3.8) is 0 Å². The topological polar surface area (TPSA) is 101 Å². The second-order valence-corrected chi connectivity index (χ2v) is 9.30. The zero-order valence-corrected chi connectivity index (χ0v) is 18.0. The average molecular weight is 477 g/mol. The van der Waals surface area contributed by atoms with Gasteiger partial charge < -0.3 is 9.52 Å². The second kappa shape index (κ2) is 8.22. The average Bonchev–Trinajstić information content (AvgIpc) is 3.20. The Hall–Kier alpha value is -3.07. The predicted molar refractivity (Wildman–Crippen MR) is 117 cm³/mol. The van der Waals surface area contributed by atoms with Crippen LogP contribution >= 0.6 is 23.2 Å².